The number of hydrogen-bond acceptors (Lipinski definition) is 2. The van der Waals surface area contributed by atoms with Crippen LogP contribution in [0.5, 0.6) is 0 Å². The molecular weight excluding hydrogens is 314 g/mol. The molecule has 0 unspecified atom stereocenters. The molecule has 0 aromatic carbocycles. The first-order chi connectivity index (χ1) is 6.46. The Labute approximate surface area is 128 Å². The fourth-order valence-electron chi connectivity index (χ4n) is 1.82. The van der Waals surface area contributed by atoms with Crippen LogP contribution in [0.15, 0.2) is 4.99 Å². The third kappa shape index (κ3) is 7.03. The molecule has 0 aromatic heterocycles. The van der Waals surface area contributed by atoms with Crippen LogP contribution in [0.2, 0.25) is 0 Å². The van der Waals surface area contributed by atoms with Gasteiger partial charge in [0.05, 0.1) is 0 Å². The van der Waals surface area contributed by atoms with Gasteiger partial charge in [-0.25, -0.2) is 0 Å². The van der Waals surface area contributed by atoms with Crippen molar-refractivity contribution in [2.45, 2.75) is 71.9 Å². The fraction of sp³-hybridized carbons (Fsp3) is 0.917. The summed E-state index contributed by atoms with van der Waals surface area (Å²) < 4.78 is 0. The fourth-order valence-corrected chi connectivity index (χ4v) is 1.82. The maximum Gasteiger partial charge on any atom is 0.102 e. The molecule has 1 N–H and O–H groups in total. The van der Waals surface area contributed by atoms with Gasteiger partial charge in [-0.05, 0) is 33.6 Å². The average molecular weight is 339 g/mol. The Bertz CT molecular complexity index is 184. The van der Waals surface area contributed by atoms with E-state index in [2.05, 4.69) is 18.8 Å². The Kier molecular flexibility index (Phi) is 11.1. The van der Waals surface area contributed by atoms with Gasteiger partial charge in [0.2, 0.25) is 0 Å². The van der Waals surface area contributed by atoms with Crippen LogP contribution >= 0.6 is 0 Å². The summed E-state index contributed by atoms with van der Waals surface area (Å²) in [5, 5.41) is 10.4. The van der Waals surface area contributed by atoms with Gasteiger partial charge in [-0.1, -0.05) is 26.7 Å². The summed E-state index contributed by atoms with van der Waals surface area (Å²) in [6, 6.07) is 0.273. The van der Waals surface area contributed by atoms with Crippen LogP contribution in [0.25, 0.3) is 0 Å². The quantitative estimate of drug-likeness (QED) is 0.741. The van der Waals surface area contributed by atoms with Crippen molar-refractivity contribution in [2.24, 2.45) is 4.99 Å². The predicted octanol–water partition coefficient (Wildman–Crippen LogP) is 3.19. The topological polar surface area (TPSA) is 32.6 Å². The number of aliphatic imine (C=N–C) groups is 1. The van der Waals surface area contributed by atoms with E-state index in [9.17, 15) is 5.11 Å². The Hall–Kier alpha value is 1.01. The van der Waals surface area contributed by atoms with Crippen LogP contribution in [0, 0.1) is 41.7 Å². The third-order valence-electron chi connectivity index (χ3n) is 2.45. The van der Waals surface area contributed by atoms with Crippen molar-refractivity contribution < 1.29 is 46.9 Å². The van der Waals surface area contributed by atoms with Crippen LogP contribution in [0.4, 0.5) is 0 Å². The van der Waals surface area contributed by atoms with Gasteiger partial charge < -0.3 is 5.11 Å². The molecule has 3 heteroatoms. The summed E-state index contributed by atoms with van der Waals surface area (Å²) >= 11 is 0. The Balaban J connectivity index is 0. The Morgan fingerprint density at radius 3 is 1.87 bits per heavy atom. The zero-order valence-electron chi connectivity index (χ0n) is 10.8. The molecule has 2 nitrogen and oxygen atoms in total. The van der Waals surface area contributed by atoms with Crippen molar-refractivity contribution >= 4 is 5.71 Å². The zero-order chi connectivity index (χ0) is 11.2. The third-order valence-corrected chi connectivity index (χ3v) is 2.45. The molecule has 0 bridgehead atoms. The average Bonchev–Trinajstić information content (AvgIpc) is 2.03. The van der Waals surface area contributed by atoms with Gasteiger partial charge in [-0.15, -0.1) is 0 Å². The van der Waals surface area contributed by atoms with Gasteiger partial charge in [0, 0.05) is 53.5 Å². The normalized spacial score (nSPS) is 12.9. The van der Waals surface area contributed by atoms with Gasteiger partial charge in [0.1, 0.15) is 5.60 Å². The minimum atomic E-state index is -0.659. The molecule has 0 fully saturated rings. The zero-order valence-corrected chi connectivity index (χ0v) is 13.9. The maximum absolute atomic E-state index is 10.4. The molecule has 0 rings (SSSR count). The van der Waals surface area contributed by atoms with E-state index in [0.717, 1.165) is 31.4 Å². The number of aliphatic hydroxyl groups is 1. The SMILES string of the molecule is CCCC(O)(CCC)C(C)=NC(C)C.[Ce]. The van der Waals surface area contributed by atoms with E-state index in [1.165, 1.54) is 0 Å². The van der Waals surface area contributed by atoms with E-state index in [0.29, 0.717) is 0 Å². The minimum absolute atomic E-state index is 0. The van der Waals surface area contributed by atoms with Gasteiger partial charge >= 0.3 is 0 Å². The summed E-state index contributed by atoms with van der Waals surface area (Å²) in [6.45, 7) is 10.2. The van der Waals surface area contributed by atoms with E-state index < -0.39 is 5.60 Å². The molecule has 0 atom stereocenters. The van der Waals surface area contributed by atoms with Gasteiger partial charge in [-0.3, -0.25) is 4.99 Å². The number of nitrogens with zero attached hydrogens (tertiary/aromatic N) is 1. The van der Waals surface area contributed by atoms with Gasteiger partial charge in [0.15, 0.2) is 0 Å². The first-order valence-corrected chi connectivity index (χ1v) is 5.73. The first kappa shape index (κ1) is 18.4. The van der Waals surface area contributed by atoms with E-state index in [-0.39, 0.29) is 47.8 Å². The number of rotatable bonds is 6. The first-order valence-electron chi connectivity index (χ1n) is 5.73. The van der Waals surface area contributed by atoms with Crippen molar-refractivity contribution in [1.29, 1.82) is 0 Å². The molecule has 0 spiro atoms. The molecule has 15 heavy (non-hydrogen) atoms. The smallest absolute Gasteiger partial charge is 0.102 e. The monoisotopic (exact) mass is 339 g/mol. The van der Waals surface area contributed by atoms with Crippen molar-refractivity contribution in [3.63, 3.8) is 0 Å². The molecule has 0 saturated carbocycles. The molecule has 0 aliphatic rings. The minimum Gasteiger partial charge on any atom is -0.384 e. The second-order valence-electron chi connectivity index (χ2n) is 4.34. The van der Waals surface area contributed by atoms with Crippen LogP contribution in [-0.4, -0.2) is 22.5 Å². The van der Waals surface area contributed by atoms with Crippen molar-refractivity contribution in [1.82, 2.24) is 0 Å². The molecule has 88 valence electrons. The Morgan fingerprint density at radius 1 is 1.20 bits per heavy atom. The van der Waals surface area contributed by atoms with Crippen molar-refractivity contribution in [3.8, 4) is 0 Å². The van der Waals surface area contributed by atoms with E-state index in [1.807, 2.05) is 20.8 Å². The van der Waals surface area contributed by atoms with Gasteiger partial charge in [0.25, 0.3) is 0 Å². The van der Waals surface area contributed by atoms with E-state index in [4.69, 9.17) is 0 Å². The maximum atomic E-state index is 10.4. The van der Waals surface area contributed by atoms with Gasteiger partial charge in [-0.2, -0.15) is 0 Å². The molecule has 0 heterocycles. The molecule has 0 aliphatic heterocycles. The second-order valence-corrected chi connectivity index (χ2v) is 4.34. The Morgan fingerprint density at radius 2 is 1.60 bits per heavy atom. The van der Waals surface area contributed by atoms with E-state index in [1.54, 1.807) is 0 Å². The van der Waals surface area contributed by atoms with Crippen LogP contribution < -0.4 is 0 Å². The van der Waals surface area contributed by atoms with E-state index >= 15 is 0 Å². The molecule has 0 saturated heterocycles. The second kappa shape index (κ2) is 9.08. The van der Waals surface area contributed by atoms with Crippen LogP contribution in [0.1, 0.15) is 60.3 Å². The van der Waals surface area contributed by atoms with Crippen LogP contribution in [-0.2, 0) is 0 Å². The number of hydrogen-bond donors (Lipinski definition) is 1. The summed E-state index contributed by atoms with van der Waals surface area (Å²) in [7, 11) is 0. The summed E-state index contributed by atoms with van der Waals surface area (Å²) in [5.74, 6) is 0. The van der Waals surface area contributed by atoms with Crippen LogP contribution in [0.3, 0.4) is 0 Å². The largest absolute Gasteiger partial charge is 0.384 e. The summed E-state index contributed by atoms with van der Waals surface area (Å²) in [6.07, 6.45) is 3.65. The van der Waals surface area contributed by atoms with Crippen molar-refractivity contribution in [3.05, 3.63) is 0 Å². The predicted molar refractivity (Wildman–Crippen MR) is 63.0 cm³/mol. The molecule has 0 aliphatic carbocycles. The molecule has 0 aromatic rings. The standard InChI is InChI=1S/C12H25NO.Ce/c1-6-8-12(14,9-7-2)11(5)13-10(3)4;/h10,14H,6-9H2,1-5H3;. The summed E-state index contributed by atoms with van der Waals surface area (Å²) in [4.78, 5) is 4.45. The molecular formula is C12H25CeNO. The van der Waals surface area contributed by atoms with Crippen molar-refractivity contribution in [2.75, 3.05) is 0 Å². The molecule has 0 radical (unpaired) electrons. The summed E-state index contributed by atoms with van der Waals surface area (Å²) in [5.41, 5.74) is 0.240. The molecule has 0 amide bonds.